The van der Waals surface area contributed by atoms with Crippen molar-refractivity contribution in [2.24, 2.45) is 0 Å². The van der Waals surface area contributed by atoms with Crippen molar-refractivity contribution in [1.29, 1.82) is 0 Å². The van der Waals surface area contributed by atoms with Crippen LogP contribution < -0.4 is 4.74 Å². The van der Waals surface area contributed by atoms with Gasteiger partial charge in [0.1, 0.15) is 0 Å². The highest BCUT2D eigenvalue weighted by atomic mass is 32.1. The van der Waals surface area contributed by atoms with Gasteiger partial charge in [-0.3, -0.25) is 0 Å². The summed E-state index contributed by atoms with van der Waals surface area (Å²) in [6.45, 7) is 3.70. The number of ether oxygens (including phenoxy) is 1. The summed E-state index contributed by atoms with van der Waals surface area (Å²) in [5.41, 5.74) is 0. The Labute approximate surface area is 77.0 Å². The Kier molecular flexibility index (Phi) is 2.98. The highest BCUT2D eigenvalue weighted by molar-refractivity contribution is 7.80. The first-order chi connectivity index (χ1) is 5.59. The van der Waals surface area contributed by atoms with E-state index in [1.54, 1.807) is 12.1 Å². The van der Waals surface area contributed by atoms with Gasteiger partial charge in [0.2, 0.25) is 0 Å². The van der Waals surface area contributed by atoms with Gasteiger partial charge in [0.15, 0.2) is 11.6 Å². The molecule has 3 heteroatoms. The number of thiol groups is 1. The number of hydrogen-bond acceptors (Lipinski definition) is 2. The van der Waals surface area contributed by atoms with Crippen LogP contribution in [0.25, 0.3) is 0 Å². The molecule has 0 aliphatic heterocycles. The maximum atomic E-state index is 13.0. The van der Waals surface area contributed by atoms with Gasteiger partial charge >= 0.3 is 0 Å². The number of hydrogen-bond donors (Lipinski definition) is 1. The van der Waals surface area contributed by atoms with Crippen LogP contribution in [0.3, 0.4) is 0 Å². The van der Waals surface area contributed by atoms with Crippen LogP contribution in [0.2, 0.25) is 0 Å². The zero-order valence-corrected chi connectivity index (χ0v) is 7.94. The van der Waals surface area contributed by atoms with E-state index >= 15 is 0 Å². The quantitative estimate of drug-likeness (QED) is 0.699. The normalized spacial score (nSPS) is 10.4. The smallest absolute Gasteiger partial charge is 0.165 e. The van der Waals surface area contributed by atoms with Crippen molar-refractivity contribution in [3.63, 3.8) is 0 Å². The third-order valence-corrected chi connectivity index (χ3v) is 1.56. The minimum absolute atomic E-state index is 0.0189. The van der Waals surface area contributed by atoms with Gasteiger partial charge in [0.05, 0.1) is 6.10 Å². The Balaban J connectivity index is 2.90. The molecule has 0 amide bonds. The molecule has 1 rings (SSSR count). The topological polar surface area (TPSA) is 9.23 Å². The van der Waals surface area contributed by atoms with E-state index in [1.807, 2.05) is 13.8 Å². The van der Waals surface area contributed by atoms with Crippen molar-refractivity contribution in [3.8, 4) is 5.75 Å². The lowest BCUT2D eigenvalue weighted by atomic mass is 10.3. The van der Waals surface area contributed by atoms with Crippen LogP contribution in [0.1, 0.15) is 13.8 Å². The molecule has 0 bridgehead atoms. The van der Waals surface area contributed by atoms with E-state index in [-0.39, 0.29) is 17.7 Å². The molecule has 0 aliphatic rings. The highest BCUT2D eigenvalue weighted by Crippen LogP contribution is 2.21. The van der Waals surface area contributed by atoms with Crippen molar-refractivity contribution < 1.29 is 9.13 Å². The van der Waals surface area contributed by atoms with Crippen molar-refractivity contribution in [3.05, 3.63) is 24.0 Å². The second-order valence-corrected chi connectivity index (χ2v) is 3.30. The average Bonchev–Trinajstić information content (AvgIpc) is 1.96. The molecule has 0 saturated carbocycles. The molecule has 0 aromatic heterocycles. The standard InChI is InChI=1S/C9H11FOS/c1-6(2)11-9-5-7(12)3-4-8(9)10/h3-6,12H,1-2H3. The van der Waals surface area contributed by atoms with Gasteiger partial charge in [-0.2, -0.15) is 0 Å². The maximum absolute atomic E-state index is 13.0. The van der Waals surface area contributed by atoms with Crippen molar-refractivity contribution in [1.82, 2.24) is 0 Å². The van der Waals surface area contributed by atoms with E-state index in [4.69, 9.17) is 4.74 Å². The summed E-state index contributed by atoms with van der Waals surface area (Å²) >= 11 is 4.08. The summed E-state index contributed by atoms with van der Waals surface area (Å²) in [5.74, 6) is -0.0843. The third kappa shape index (κ3) is 2.41. The SMILES string of the molecule is CC(C)Oc1cc(S)ccc1F. The molecule has 12 heavy (non-hydrogen) atoms. The minimum Gasteiger partial charge on any atom is -0.488 e. The molecular weight excluding hydrogens is 175 g/mol. The first-order valence-corrected chi connectivity index (χ1v) is 4.19. The Hall–Kier alpha value is -0.700. The van der Waals surface area contributed by atoms with Crippen molar-refractivity contribution in [2.45, 2.75) is 24.8 Å². The monoisotopic (exact) mass is 186 g/mol. The van der Waals surface area contributed by atoms with Crippen LogP contribution in [-0.4, -0.2) is 6.10 Å². The first-order valence-electron chi connectivity index (χ1n) is 3.75. The Morgan fingerprint density at radius 3 is 2.67 bits per heavy atom. The van der Waals surface area contributed by atoms with E-state index in [2.05, 4.69) is 12.6 Å². The van der Waals surface area contributed by atoms with Crippen LogP contribution in [0.5, 0.6) is 5.75 Å². The second kappa shape index (κ2) is 3.81. The van der Waals surface area contributed by atoms with Gasteiger partial charge in [-0.25, -0.2) is 4.39 Å². The van der Waals surface area contributed by atoms with Crippen molar-refractivity contribution in [2.75, 3.05) is 0 Å². The fourth-order valence-electron chi connectivity index (χ4n) is 0.836. The van der Waals surface area contributed by atoms with Crippen LogP contribution in [0.15, 0.2) is 23.1 Å². The summed E-state index contributed by atoms with van der Waals surface area (Å²) in [4.78, 5) is 0.701. The van der Waals surface area contributed by atoms with Crippen LogP contribution in [0.4, 0.5) is 4.39 Å². The maximum Gasteiger partial charge on any atom is 0.165 e. The molecule has 0 aliphatic carbocycles. The molecule has 1 aromatic carbocycles. The predicted octanol–water partition coefficient (Wildman–Crippen LogP) is 2.90. The Morgan fingerprint density at radius 1 is 1.42 bits per heavy atom. The molecule has 0 unspecified atom stereocenters. The van der Waals surface area contributed by atoms with Gasteiger partial charge in [-0.1, -0.05) is 0 Å². The fourth-order valence-corrected chi connectivity index (χ4v) is 1.03. The summed E-state index contributed by atoms with van der Waals surface area (Å²) in [5, 5.41) is 0. The van der Waals surface area contributed by atoms with Crippen LogP contribution in [0, 0.1) is 5.82 Å². The van der Waals surface area contributed by atoms with Gasteiger partial charge in [-0.05, 0) is 32.0 Å². The molecule has 66 valence electrons. The van der Waals surface area contributed by atoms with E-state index in [9.17, 15) is 4.39 Å². The molecule has 1 nitrogen and oxygen atoms in total. The summed E-state index contributed by atoms with van der Waals surface area (Å²) in [7, 11) is 0. The lowest BCUT2D eigenvalue weighted by Crippen LogP contribution is -2.06. The lowest BCUT2D eigenvalue weighted by Gasteiger charge is -2.10. The molecule has 0 N–H and O–H groups in total. The highest BCUT2D eigenvalue weighted by Gasteiger charge is 2.04. The number of benzene rings is 1. The summed E-state index contributed by atoms with van der Waals surface area (Å²) in [6, 6.07) is 4.50. The zero-order valence-electron chi connectivity index (χ0n) is 7.04. The largest absolute Gasteiger partial charge is 0.488 e. The van der Waals surface area contributed by atoms with E-state index < -0.39 is 0 Å². The van der Waals surface area contributed by atoms with Gasteiger partial charge in [0, 0.05) is 4.90 Å². The Bertz CT molecular complexity index is 273. The molecule has 0 fully saturated rings. The fraction of sp³-hybridized carbons (Fsp3) is 0.333. The Morgan fingerprint density at radius 2 is 2.08 bits per heavy atom. The second-order valence-electron chi connectivity index (χ2n) is 2.78. The molecule has 0 radical (unpaired) electrons. The molecule has 0 heterocycles. The van der Waals surface area contributed by atoms with E-state index in [0.717, 1.165) is 0 Å². The average molecular weight is 186 g/mol. The van der Waals surface area contributed by atoms with Gasteiger partial charge < -0.3 is 4.74 Å². The van der Waals surface area contributed by atoms with Gasteiger partial charge in [-0.15, -0.1) is 12.6 Å². The van der Waals surface area contributed by atoms with Crippen LogP contribution in [-0.2, 0) is 0 Å². The zero-order chi connectivity index (χ0) is 9.14. The molecule has 1 aromatic rings. The summed E-state index contributed by atoms with van der Waals surface area (Å²) in [6.07, 6.45) is -0.0189. The molecule has 0 saturated heterocycles. The number of halogens is 1. The van der Waals surface area contributed by atoms with Crippen molar-refractivity contribution >= 4 is 12.6 Å². The molecular formula is C9H11FOS. The first kappa shape index (κ1) is 9.39. The number of rotatable bonds is 2. The molecule has 0 atom stereocenters. The summed E-state index contributed by atoms with van der Waals surface area (Å²) < 4.78 is 18.2. The van der Waals surface area contributed by atoms with E-state index in [0.29, 0.717) is 4.90 Å². The van der Waals surface area contributed by atoms with Crippen LogP contribution >= 0.6 is 12.6 Å². The predicted molar refractivity (Wildman–Crippen MR) is 49.4 cm³/mol. The van der Waals surface area contributed by atoms with E-state index in [1.165, 1.54) is 6.07 Å². The minimum atomic E-state index is -0.346. The molecule has 0 spiro atoms. The third-order valence-electron chi connectivity index (χ3n) is 1.28. The lowest BCUT2D eigenvalue weighted by molar-refractivity contribution is 0.230. The van der Waals surface area contributed by atoms with Gasteiger partial charge in [0.25, 0.3) is 0 Å².